The molecule has 5 rings (SSSR count). The van der Waals surface area contributed by atoms with Crippen molar-refractivity contribution in [3.05, 3.63) is 83.4 Å². The van der Waals surface area contributed by atoms with Gasteiger partial charge in [-0.3, -0.25) is 14.4 Å². The molecular weight excluding hydrogens is 430 g/mol. The molecule has 0 bridgehead atoms. The zero-order chi connectivity index (χ0) is 21.6. The van der Waals surface area contributed by atoms with E-state index in [0.29, 0.717) is 23.7 Å². The van der Waals surface area contributed by atoms with Gasteiger partial charge in [0.05, 0.1) is 20.8 Å². The Morgan fingerprint density at radius 3 is 2.65 bits per heavy atom. The Morgan fingerprint density at radius 1 is 1.06 bits per heavy atom. The minimum Gasteiger partial charge on any atom is -0.298 e. The maximum absolute atomic E-state index is 13.1. The number of carbonyl (C=O) groups excluding carboxylic acids is 1. The third-order valence-electron chi connectivity index (χ3n) is 5.31. The topological polar surface area (TPSA) is 79.4 Å². The van der Waals surface area contributed by atoms with Gasteiger partial charge in [-0.1, -0.05) is 35.6 Å². The number of nitrogens with zero attached hydrogens (tertiary/aromatic N) is 2. The third kappa shape index (κ3) is 3.58. The van der Waals surface area contributed by atoms with E-state index in [1.54, 1.807) is 0 Å². The van der Waals surface area contributed by atoms with E-state index < -0.39 is 10.0 Å². The molecule has 0 radical (unpaired) electrons. The predicted molar refractivity (Wildman–Crippen MR) is 123 cm³/mol. The van der Waals surface area contributed by atoms with Gasteiger partial charge in [0.1, 0.15) is 0 Å². The van der Waals surface area contributed by atoms with Crippen LogP contribution in [-0.2, 0) is 16.4 Å². The number of hydrogen-bond acceptors (Lipinski definition) is 5. The lowest BCUT2D eigenvalue weighted by atomic mass is 10.2. The number of aryl methyl sites for hydroxylation is 1. The van der Waals surface area contributed by atoms with E-state index in [1.165, 1.54) is 39.9 Å². The summed E-state index contributed by atoms with van der Waals surface area (Å²) in [5.41, 5.74) is 4.07. The van der Waals surface area contributed by atoms with E-state index in [4.69, 9.17) is 0 Å². The molecule has 0 atom stereocenters. The van der Waals surface area contributed by atoms with Crippen LogP contribution >= 0.6 is 11.3 Å². The smallest absolute Gasteiger partial charge is 0.264 e. The number of amides is 1. The number of fused-ring (bicyclic) bond motifs is 2. The molecule has 0 spiro atoms. The van der Waals surface area contributed by atoms with Gasteiger partial charge in [-0.2, -0.15) is 0 Å². The summed E-state index contributed by atoms with van der Waals surface area (Å²) in [6.07, 6.45) is 0.692. The van der Waals surface area contributed by atoms with Crippen molar-refractivity contribution < 1.29 is 13.2 Å². The standard InChI is InChI=1S/C23H19N3O3S2/c1-15-6-11-19-21(14-15)30-23(24-19)25-22(27)17-7-9-18(10-8-17)31(28,29)26-13-12-16-4-2-3-5-20(16)26/h2-11,14H,12-13H2,1H3,(H,24,25,27). The lowest BCUT2D eigenvalue weighted by Crippen LogP contribution is -2.29. The third-order valence-corrected chi connectivity index (χ3v) is 8.07. The van der Waals surface area contributed by atoms with Crippen molar-refractivity contribution >= 4 is 48.3 Å². The second-order valence-electron chi connectivity index (χ2n) is 7.42. The fourth-order valence-corrected chi connectivity index (χ4v) is 6.18. The van der Waals surface area contributed by atoms with Gasteiger partial charge in [-0.25, -0.2) is 13.4 Å². The SMILES string of the molecule is Cc1ccc2nc(NC(=O)c3ccc(S(=O)(=O)N4CCc5ccccc54)cc3)sc2c1. The van der Waals surface area contributed by atoms with Crippen LogP contribution in [0.1, 0.15) is 21.5 Å². The number of rotatable bonds is 4. The van der Waals surface area contributed by atoms with Gasteiger partial charge in [-0.05, 0) is 66.9 Å². The van der Waals surface area contributed by atoms with Gasteiger partial charge in [0.15, 0.2) is 5.13 Å². The molecule has 2 heterocycles. The lowest BCUT2D eigenvalue weighted by Gasteiger charge is -2.19. The lowest BCUT2D eigenvalue weighted by molar-refractivity contribution is 0.102. The first-order valence-corrected chi connectivity index (χ1v) is 12.1. The number of nitrogens with one attached hydrogen (secondary N) is 1. The molecule has 4 aromatic rings. The van der Waals surface area contributed by atoms with Crippen LogP contribution in [0.25, 0.3) is 10.2 Å². The Balaban J connectivity index is 1.36. The quantitative estimate of drug-likeness (QED) is 0.494. The second-order valence-corrected chi connectivity index (χ2v) is 10.3. The molecule has 1 aliphatic heterocycles. The number of aromatic nitrogens is 1. The van der Waals surface area contributed by atoms with Crippen molar-refractivity contribution in [1.82, 2.24) is 4.98 Å². The molecule has 8 heteroatoms. The Kier molecular flexibility index (Phi) is 4.75. The van der Waals surface area contributed by atoms with E-state index in [0.717, 1.165) is 27.0 Å². The number of carbonyl (C=O) groups is 1. The molecule has 1 N–H and O–H groups in total. The Bertz CT molecular complexity index is 1410. The van der Waals surface area contributed by atoms with E-state index in [2.05, 4.69) is 10.3 Å². The Hall–Kier alpha value is -3.23. The first-order chi connectivity index (χ1) is 14.9. The number of para-hydroxylation sites is 1. The van der Waals surface area contributed by atoms with Crippen molar-refractivity contribution in [2.75, 3.05) is 16.2 Å². The number of anilines is 2. The maximum atomic E-state index is 13.1. The van der Waals surface area contributed by atoms with Crippen LogP contribution in [0.4, 0.5) is 10.8 Å². The van der Waals surface area contributed by atoms with Gasteiger partial charge in [0, 0.05) is 12.1 Å². The summed E-state index contributed by atoms with van der Waals surface area (Å²) in [7, 11) is -3.68. The number of sulfonamides is 1. The molecule has 6 nitrogen and oxygen atoms in total. The van der Waals surface area contributed by atoms with E-state index in [-0.39, 0.29) is 10.8 Å². The molecule has 0 aliphatic carbocycles. The summed E-state index contributed by atoms with van der Waals surface area (Å²) in [5.74, 6) is -0.328. The van der Waals surface area contributed by atoms with Gasteiger partial charge >= 0.3 is 0 Å². The van der Waals surface area contributed by atoms with Crippen LogP contribution in [-0.4, -0.2) is 25.9 Å². The van der Waals surface area contributed by atoms with Crippen molar-refractivity contribution in [2.45, 2.75) is 18.2 Å². The number of hydrogen-bond donors (Lipinski definition) is 1. The molecule has 1 amide bonds. The Labute approximate surface area is 184 Å². The normalized spacial score (nSPS) is 13.4. The van der Waals surface area contributed by atoms with Crippen LogP contribution < -0.4 is 9.62 Å². The fraction of sp³-hybridized carbons (Fsp3) is 0.130. The molecule has 0 unspecified atom stereocenters. The van der Waals surface area contributed by atoms with Crippen molar-refractivity contribution in [1.29, 1.82) is 0 Å². The van der Waals surface area contributed by atoms with Crippen LogP contribution in [0.5, 0.6) is 0 Å². The molecule has 31 heavy (non-hydrogen) atoms. The maximum Gasteiger partial charge on any atom is 0.264 e. The fourth-order valence-electron chi connectivity index (χ4n) is 3.72. The molecular formula is C23H19N3O3S2. The van der Waals surface area contributed by atoms with Crippen molar-refractivity contribution in [3.63, 3.8) is 0 Å². The van der Waals surface area contributed by atoms with Gasteiger partial charge in [-0.15, -0.1) is 0 Å². The summed E-state index contributed by atoms with van der Waals surface area (Å²) in [5, 5.41) is 3.31. The summed E-state index contributed by atoms with van der Waals surface area (Å²) in [6, 6.07) is 19.5. The van der Waals surface area contributed by atoms with E-state index in [1.807, 2.05) is 49.4 Å². The largest absolute Gasteiger partial charge is 0.298 e. The molecule has 3 aromatic carbocycles. The van der Waals surface area contributed by atoms with Crippen molar-refractivity contribution in [2.24, 2.45) is 0 Å². The molecule has 156 valence electrons. The molecule has 0 saturated carbocycles. The number of benzene rings is 3. The molecule has 1 aromatic heterocycles. The highest BCUT2D eigenvalue weighted by molar-refractivity contribution is 7.92. The minimum absolute atomic E-state index is 0.163. The average molecular weight is 450 g/mol. The summed E-state index contributed by atoms with van der Waals surface area (Å²) in [6.45, 7) is 2.43. The van der Waals surface area contributed by atoms with Crippen molar-refractivity contribution in [3.8, 4) is 0 Å². The van der Waals surface area contributed by atoms with Crippen LogP contribution in [0, 0.1) is 6.92 Å². The number of thiazole rings is 1. The highest BCUT2D eigenvalue weighted by atomic mass is 32.2. The highest BCUT2D eigenvalue weighted by Gasteiger charge is 2.30. The summed E-state index contributed by atoms with van der Waals surface area (Å²) < 4.78 is 28.7. The molecule has 0 saturated heterocycles. The first-order valence-electron chi connectivity index (χ1n) is 9.81. The Morgan fingerprint density at radius 2 is 1.84 bits per heavy atom. The minimum atomic E-state index is -3.68. The van der Waals surface area contributed by atoms with E-state index in [9.17, 15) is 13.2 Å². The first kappa shape index (κ1) is 19.7. The second kappa shape index (κ2) is 7.47. The van der Waals surface area contributed by atoms with Gasteiger partial charge in [0.25, 0.3) is 15.9 Å². The highest BCUT2D eigenvalue weighted by Crippen LogP contribution is 2.33. The molecule has 1 aliphatic rings. The zero-order valence-corrected chi connectivity index (χ0v) is 18.3. The van der Waals surface area contributed by atoms with Gasteiger partial charge < -0.3 is 0 Å². The zero-order valence-electron chi connectivity index (χ0n) is 16.7. The predicted octanol–water partition coefficient (Wildman–Crippen LogP) is 4.61. The summed E-state index contributed by atoms with van der Waals surface area (Å²) >= 11 is 1.41. The van der Waals surface area contributed by atoms with Crippen LogP contribution in [0.2, 0.25) is 0 Å². The summed E-state index contributed by atoms with van der Waals surface area (Å²) in [4.78, 5) is 17.2. The van der Waals surface area contributed by atoms with Gasteiger partial charge in [0.2, 0.25) is 0 Å². The average Bonchev–Trinajstić information content (AvgIpc) is 3.37. The monoisotopic (exact) mass is 449 g/mol. The molecule has 0 fully saturated rings. The van der Waals surface area contributed by atoms with Crippen LogP contribution in [0.15, 0.2) is 71.6 Å². The van der Waals surface area contributed by atoms with E-state index >= 15 is 0 Å². The van der Waals surface area contributed by atoms with Crippen LogP contribution in [0.3, 0.4) is 0 Å².